The molecule has 6 heteroatoms. The second kappa shape index (κ2) is 5.60. The topological polar surface area (TPSA) is 75.1 Å². The van der Waals surface area contributed by atoms with Gasteiger partial charge in [0.15, 0.2) is 0 Å². The van der Waals surface area contributed by atoms with Gasteiger partial charge in [0, 0.05) is 5.25 Å². The Morgan fingerprint density at radius 3 is 2.86 bits per heavy atom. The van der Waals surface area contributed by atoms with Crippen molar-refractivity contribution in [2.45, 2.75) is 37.0 Å². The van der Waals surface area contributed by atoms with E-state index in [1.54, 1.807) is 12.1 Å². The van der Waals surface area contributed by atoms with Crippen molar-refractivity contribution in [2.75, 3.05) is 6.26 Å². The molecule has 0 amide bonds. The molecular formula is C15H18N2O3S. The van der Waals surface area contributed by atoms with Crippen LogP contribution >= 0.6 is 11.8 Å². The Hall–Kier alpha value is -1.69. The van der Waals surface area contributed by atoms with E-state index in [9.17, 15) is 9.59 Å². The zero-order chi connectivity index (χ0) is 15.0. The van der Waals surface area contributed by atoms with E-state index in [2.05, 4.69) is 11.2 Å². The quantitative estimate of drug-likeness (QED) is 0.914. The van der Waals surface area contributed by atoms with Crippen LogP contribution in [0.2, 0.25) is 0 Å². The number of fused-ring (bicyclic) bond motifs is 1. The molecule has 0 bridgehead atoms. The summed E-state index contributed by atoms with van der Waals surface area (Å²) in [6, 6.07) is 5.02. The molecule has 1 aromatic carbocycles. The van der Waals surface area contributed by atoms with Crippen molar-refractivity contribution < 1.29 is 9.90 Å². The predicted molar refractivity (Wildman–Crippen MR) is 84.3 cm³/mol. The fraction of sp³-hybridized carbons (Fsp3) is 0.467. The molecule has 0 aliphatic heterocycles. The maximum atomic E-state index is 12.3. The number of carbonyl (C=O) groups is 1. The highest BCUT2D eigenvalue weighted by Gasteiger charge is 2.28. The second-order valence-electron chi connectivity index (χ2n) is 5.46. The number of aromatic nitrogens is 2. The van der Waals surface area contributed by atoms with Crippen LogP contribution in [0.25, 0.3) is 11.0 Å². The number of nitrogens with one attached hydrogen (secondary N) is 1. The van der Waals surface area contributed by atoms with Gasteiger partial charge in [-0.05, 0) is 37.3 Å². The Kier molecular flexibility index (Phi) is 3.80. The fourth-order valence-electron chi connectivity index (χ4n) is 3.24. The number of hydrogen-bond acceptors (Lipinski definition) is 3. The van der Waals surface area contributed by atoms with Gasteiger partial charge >= 0.3 is 11.7 Å². The number of hydrogen-bond donors (Lipinski definition) is 2. The van der Waals surface area contributed by atoms with E-state index < -0.39 is 5.97 Å². The minimum Gasteiger partial charge on any atom is -0.478 e. The molecule has 112 valence electrons. The normalized spacial score (nSPS) is 22.5. The molecule has 21 heavy (non-hydrogen) atoms. The number of carboxylic acids is 1. The summed E-state index contributed by atoms with van der Waals surface area (Å²) in [5, 5.41) is 9.49. The average molecular weight is 306 g/mol. The molecule has 1 saturated carbocycles. The Bertz CT molecular complexity index is 734. The Morgan fingerprint density at radius 1 is 1.38 bits per heavy atom. The largest absolute Gasteiger partial charge is 0.478 e. The van der Waals surface area contributed by atoms with Crippen molar-refractivity contribution >= 4 is 28.8 Å². The maximum Gasteiger partial charge on any atom is 0.335 e. The summed E-state index contributed by atoms with van der Waals surface area (Å²) in [6.07, 6.45) is 6.55. The first-order valence-corrected chi connectivity index (χ1v) is 8.41. The Morgan fingerprint density at radius 2 is 2.14 bits per heavy atom. The summed E-state index contributed by atoms with van der Waals surface area (Å²) in [6.45, 7) is 0. The lowest BCUT2D eigenvalue weighted by Gasteiger charge is -2.31. The number of aromatic carboxylic acids is 1. The smallest absolute Gasteiger partial charge is 0.335 e. The molecule has 2 atom stereocenters. The number of H-pyrrole nitrogens is 1. The van der Waals surface area contributed by atoms with Crippen molar-refractivity contribution in [3.8, 4) is 0 Å². The lowest BCUT2D eigenvalue weighted by Crippen LogP contribution is -2.31. The number of carboxylic acid groups (broad SMARTS) is 1. The van der Waals surface area contributed by atoms with Crippen LogP contribution in [0.3, 0.4) is 0 Å². The first-order chi connectivity index (χ1) is 10.1. The SMILES string of the molecule is CSC1CCCCC1n1c(=O)[nH]c2cc(C(=O)O)ccc21. The molecule has 1 heterocycles. The third kappa shape index (κ3) is 2.48. The van der Waals surface area contributed by atoms with Crippen LogP contribution < -0.4 is 5.69 Å². The molecule has 2 aromatic rings. The molecule has 1 aliphatic rings. The summed E-state index contributed by atoms with van der Waals surface area (Å²) in [7, 11) is 0. The van der Waals surface area contributed by atoms with Crippen molar-refractivity contribution in [1.29, 1.82) is 0 Å². The molecule has 2 N–H and O–H groups in total. The van der Waals surface area contributed by atoms with E-state index in [-0.39, 0.29) is 17.3 Å². The number of rotatable bonds is 3. The van der Waals surface area contributed by atoms with Gasteiger partial charge in [-0.2, -0.15) is 11.8 Å². The predicted octanol–water partition coefficient (Wildman–Crippen LogP) is 2.87. The van der Waals surface area contributed by atoms with Crippen LogP contribution in [0.4, 0.5) is 0 Å². The number of aromatic amines is 1. The van der Waals surface area contributed by atoms with Gasteiger partial charge in [0.2, 0.25) is 0 Å². The second-order valence-corrected chi connectivity index (χ2v) is 6.54. The lowest BCUT2D eigenvalue weighted by atomic mass is 9.94. The van der Waals surface area contributed by atoms with E-state index in [1.165, 1.54) is 12.5 Å². The van der Waals surface area contributed by atoms with Crippen LogP contribution in [-0.2, 0) is 0 Å². The minimum atomic E-state index is -0.981. The average Bonchev–Trinajstić information content (AvgIpc) is 2.81. The summed E-state index contributed by atoms with van der Waals surface area (Å²) < 4.78 is 1.82. The van der Waals surface area contributed by atoms with E-state index in [1.807, 2.05) is 16.3 Å². The van der Waals surface area contributed by atoms with Gasteiger partial charge in [-0.15, -0.1) is 0 Å². The Labute approximate surface area is 126 Å². The summed E-state index contributed by atoms with van der Waals surface area (Å²) in [5.41, 5.74) is 1.46. The first kappa shape index (κ1) is 14.3. The number of thioether (sulfide) groups is 1. The van der Waals surface area contributed by atoms with Gasteiger partial charge in [-0.1, -0.05) is 12.8 Å². The standard InChI is InChI=1S/C15H18N2O3S/c1-21-13-5-3-2-4-12(13)17-11-7-6-9(14(18)19)8-10(11)16-15(17)20/h6-8,12-13H,2-5H2,1H3,(H,16,20)(H,18,19). The van der Waals surface area contributed by atoms with Crippen molar-refractivity contribution in [2.24, 2.45) is 0 Å². The molecule has 2 unspecified atom stereocenters. The third-order valence-corrected chi connectivity index (χ3v) is 5.42. The maximum absolute atomic E-state index is 12.3. The van der Waals surface area contributed by atoms with Crippen LogP contribution in [0.15, 0.2) is 23.0 Å². The molecule has 5 nitrogen and oxygen atoms in total. The molecule has 0 radical (unpaired) electrons. The van der Waals surface area contributed by atoms with E-state index in [0.29, 0.717) is 10.8 Å². The zero-order valence-corrected chi connectivity index (χ0v) is 12.7. The van der Waals surface area contributed by atoms with Crippen LogP contribution in [0.5, 0.6) is 0 Å². The molecule has 1 aliphatic carbocycles. The molecule has 0 saturated heterocycles. The monoisotopic (exact) mass is 306 g/mol. The minimum absolute atomic E-state index is 0.140. The van der Waals surface area contributed by atoms with Crippen LogP contribution in [-0.4, -0.2) is 32.1 Å². The van der Waals surface area contributed by atoms with E-state index in [0.717, 1.165) is 24.8 Å². The molecule has 1 fully saturated rings. The molecule has 3 rings (SSSR count). The third-order valence-electron chi connectivity index (χ3n) is 4.27. The van der Waals surface area contributed by atoms with Crippen LogP contribution in [0, 0.1) is 0 Å². The Balaban J connectivity index is 2.11. The first-order valence-electron chi connectivity index (χ1n) is 7.12. The molecule has 1 aromatic heterocycles. The van der Waals surface area contributed by atoms with Crippen LogP contribution in [0.1, 0.15) is 42.1 Å². The van der Waals surface area contributed by atoms with E-state index >= 15 is 0 Å². The van der Waals surface area contributed by atoms with Gasteiger partial charge in [0.05, 0.1) is 22.6 Å². The fourth-order valence-corrected chi connectivity index (χ4v) is 4.22. The summed E-state index contributed by atoms with van der Waals surface area (Å²) >= 11 is 1.81. The van der Waals surface area contributed by atoms with Crippen molar-refractivity contribution in [1.82, 2.24) is 9.55 Å². The van der Waals surface area contributed by atoms with Crippen molar-refractivity contribution in [3.63, 3.8) is 0 Å². The molecule has 0 spiro atoms. The summed E-state index contributed by atoms with van der Waals surface area (Å²) in [5.74, 6) is -0.981. The highest BCUT2D eigenvalue weighted by Crippen LogP contribution is 2.36. The van der Waals surface area contributed by atoms with Gasteiger partial charge in [-0.25, -0.2) is 9.59 Å². The van der Waals surface area contributed by atoms with Gasteiger partial charge in [0.1, 0.15) is 0 Å². The van der Waals surface area contributed by atoms with Crippen molar-refractivity contribution in [3.05, 3.63) is 34.2 Å². The highest BCUT2D eigenvalue weighted by molar-refractivity contribution is 7.99. The summed E-state index contributed by atoms with van der Waals surface area (Å²) in [4.78, 5) is 26.2. The number of benzene rings is 1. The zero-order valence-electron chi connectivity index (χ0n) is 11.8. The van der Waals surface area contributed by atoms with Gasteiger partial charge < -0.3 is 10.1 Å². The number of nitrogens with zero attached hydrogens (tertiary/aromatic N) is 1. The van der Waals surface area contributed by atoms with Gasteiger partial charge in [-0.3, -0.25) is 4.57 Å². The number of imidazole rings is 1. The lowest BCUT2D eigenvalue weighted by molar-refractivity contribution is 0.0697. The molecular weight excluding hydrogens is 288 g/mol. The van der Waals surface area contributed by atoms with E-state index in [4.69, 9.17) is 5.11 Å². The van der Waals surface area contributed by atoms with Gasteiger partial charge in [0.25, 0.3) is 0 Å². The highest BCUT2D eigenvalue weighted by atomic mass is 32.2.